The second-order valence-electron chi connectivity index (χ2n) is 8.54. The molecule has 0 N–H and O–H groups in total. The second-order valence-corrected chi connectivity index (χ2v) is 26.8. The molecule has 2 aromatic rings. The fourth-order valence-corrected chi connectivity index (χ4v) is 26.7. The number of allylic oxidation sites excluding steroid dienone is 5. The van der Waals surface area contributed by atoms with Crippen molar-refractivity contribution in [2.75, 3.05) is 0 Å². The van der Waals surface area contributed by atoms with Crippen molar-refractivity contribution < 1.29 is 20.4 Å². The zero-order valence-corrected chi connectivity index (χ0v) is 22.4. The van der Waals surface area contributed by atoms with Crippen LogP contribution in [-0.4, -0.2) is 5.43 Å². The summed E-state index contributed by atoms with van der Waals surface area (Å²) in [5, 5.41) is 2.22. The van der Waals surface area contributed by atoms with Gasteiger partial charge in [0.05, 0.1) is 0 Å². The van der Waals surface area contributed by atoms with Gasteiger partial charge < -0.3 is 0 Å². The fourth-order valence-electron chi connectivity index (χ4n) is 5.20. The first-order valence-electron chi connectivity index (χ1n) is 10.2. The monoisotopic (exact) mass is 480 g/mol. The Labute approximate surface area is 182 Å². The first-order chi connectivity index (χ1) is 13.3. The third-order valence-corrected chi connectivity index (χ3v) is 26.8. The van der Waals surface area contributed by atoms with Gasteiger partial charge >= 0.3 is 183 Å². The van der Waals surface area contributed by atoms with Gasteiger partial charge in [-0.25, -0.2) is 0 Å². The molecule has 0 bridgehead atoms. The van der Waals surface area contributed by atoms with Crippen LogP contribution in [0.15, 0.2) is 67.4 Å². The number of benzene rings is 1. The molecule has 4 rings (SSSR count). The fraction of sp³-hybridized carbons (Fsp3) is 0.360. The summed E-state index contributed by atoms with van der Waals surface area (Å²) in [5.74, 6) is 0.667. The first kappa shape index (κ1) is 20.5. The van der Waals surface area contributed by atoms with Gasteiger partial charge in [-0.15, -0.1) is 0 Å². The van der Waals surface area contributed by atoms with E-state index in [2.05, 4.69) is 89.5 Å². The molecule has 28 heavy (non-hydrogen) atoms. The van der Waals surface area contributed by atoms with Gasteiger partial charge in [0.2, 0.25) is 0 Å². The number of fused-ring (bicyclic) bond motifs is 1. The van der Waals surface area contributed by atoms with E-state index in [1.54, 1.807) is 33.4 Å². The van der Waals surface area contributed by atoms with Crippen LogP contribution in [0.1, 0.15) is 54.2 Å². The molecule has 2 aliphatic carbocycles. The molecule has 0 nitrogen and oxygen atoms in total. The van der Waals surface area contributed by atoms with Crippen molar-refractivity contribution in [3.05, 3.63) is 83.4 Å². The predicted octanol–water partition coefficient (Wildman–Crippen LogP) is 7.75. The molecule has 3 heteroatoms. The van der Waals surface area contributed by atoms with Crippen molar-refractivity contribution in [2.24, 2.45) is 5.92 Å². The molecule has 0 amide bonds. The Morgan fingerprint density at radius 1 is 0.893 bits per heavy atom. The van der Waals surface area contributed by atoms with Crippen molar-refractivity contribution in [1.29, 1.82) is 0 Å². The van der Waals surface area contributed by atoms with Crippen LogP contribution < -0.4 is 0 Å². The van der Waals surface area contributed by atoms with Crippen LogP contribution in [0.25, 0.3) is 5.57 Å². The van der Waals surface area contributed by atoms with Gasteiger partial charge in [0.1, 0.15) is 0 Å². The summed E-state index contributed by atoms with van der Waals surface area (Å²) in [6.07, 6.45) is 0. The Morgan fingerprint density at radius 3 is 2.18 bits per heavy atom. The molecule has 2 unspecified atom stereocenters. The Balaban J connectivity index is 1.96. The molecule has 1 heterocycles. The van der Waals surface area contributed by atoms with Crippen LogP contribution in [0.4, 0.5) is 0 Å². The molecule has 144 valence electrons. The molecular weight excluding hydrogens is 452 g/mol. The molecule has 2 atom stereocenters. The maximum atomic E-state index is 2.61. The minimum absolute atomic E-state index is 0.334. The van der Waals surface area contributed by atoms with Gasteiger partial charge in [0.25, 0.3) is 0 Å². The van der Waals surface area contributed by atoms with Crippen LogP contribution in [0.5, 0.6) is 0 Å². The van der Waals surface area contributed by atoms with Crippen molar-refractivity contribution in [2.45, 2.75) is 51.3 Å². The van der Waals surface area contributed by atoms with E-state index >= 15 is 0 Å². The molecule has 0 radical (unpaired) electrons. The number of thiophene rings is 1. The SMILES string of the molecule is CC1=C(C)C(C)[C]([Zr]([CH]2C(C)=C(c3cccs3)c3ccccc32)=[Si](C)C)=C1C. The number of hydrogen-bond acceptors (Lipinski definition) is 1. The van der Waals surface area contributed by atoms with Gasteiger partial charge in [0.15, 0.2) is 0 Å². The van der Waals surface area contributed by atoms with Crippen molar-refractivity contribution >= 4 is 22.3 Å². The summed E-state index contributed by atoms with van der Waals surface area (Å²) in [7, 11) is 0. The summed E-state index contributed by atoms with van der Waals surface area (Å²) in [6.45, 7) is 17.3. The summed E-state index contributed by atoms with van der Waals surface area (Å²) < 4.78 is 2.63. The number of rotatable bonds is 3. The Hall–Kier alpha value is -0.760. The Morgan fingerprint density at radius 2 is 1.61 bits per heavy atom. The zero-order chi connectivity index (χ0) is 20.2. The number of hydrogen-bond donors (Lipinski definition) is 0. The normalized spacial score (nSPS) is 21.7. The molecule has 0 saturated carbocycles. The van der Waals surface area contributed by atoms with Crippen molar-refractivity contribution in [1.82, 2.24) is 0 Å². The molecule has 0 saturated heterocycles. The predicted molar refractivity (Wildman–Crippen MR) is 123 cm³/mol. The van der Waals surface area contributed by atoms with E-state index in [0.29, 0.717) is 9.54 Å². The van der Waals surface area contributed by atoms with Crippen LogP contribution in [-0.2, 0) is 20.4 Å². The molecule has 0 spiro atoms. The second kappa shape index (κ2) is 7.82. The first-order valence-corrected chi connectivity index (χ1v) is 20.0. The zero-order valence-electron chi connectivity index (χ0n) is 18.1. The van der Waals surface area contributed by atoms with Gasteiger partial charge in [-0.2, -0.15) is 0 Å². The van der Waals surface area contributed by atoms with Crippen LogP contribution >= 0.6 is 11.3 Å². The van der Waals surface area contributed by atoms with Crippen molar-refractivity contribution in [3.8, 4) is 0 Å². The molecule has 0 fully saturated rings. The quantitative estimate of drug-likeness (QED) is 0.393. The average Bonchev–Trinajstić information content (AvgIpc) is 3.33. The molecule has 2 aliphatic rings. The minimum atomic E-state index is -1.90. The third-order valence-electron chi connectivity index (χ3n) is 6.89. The summed E-state index contributed by atoms with van der Waals surface area (Å²) in [4.78, 5) is 1.45. The summed E-state index contributed by atoms with van der Waals surface area (Å²) in [6, 6.07) is 13.8. The van der Waals surface area contributed by atoms with Gasteiger partial charge in [0, 0.05) is 0 Å². The summed E-state index contributed by atoms with van der Waals surface area (Å²) in [5.41, 5.74) is 10.9. The van der Waals surface area contributed by atoms with E-state index in [-0.39, 0.29) is 5.43 Å². The maximum absolute atomic E-state index is 2.61. The Bertz CT molecular complexity index is 1080. The third kappa shape index (κ3) is 3.09. The molecule has 1 aromatic heterocycles. The van der Waals surface area contributed by atoms with E-state index in [1.165, 1.54) is 10.4 Å². The van der Waals surface area contributed by atoms with Crippen LogP contribution in [0.2, 0.25) is 13.1 Å². The van der Waals surface area contributed by atoms with Crippen LogP contribution in [0, 0.1) is 5.92 Å². The average molecular weight is 482 g/mol. The Kier molecular flexibility index (Phi) is 5.73. The van der Waals surface area contributed by atoms with E-state index in [4.69, 9.17) is 0 Å². The topological polar surface area (TPSA) is 0 Å². The molecular formula is C25H30SSiZr. The van der Waals surface area contributed by atoms with Gasteiger partial charge in [-0.3, -0.25) is 0 Å². The molecule has 0 aliphatic heterocycles. The van der Waals surface area contributed by atoms with Crippen molar-refractivity contribution in [3.63, 3.8) is 0 Å². The van der Waals surface area contributed by atoms with E-state index in [0.717, 1.165) is 0 Å². The summed E-state index contributed by atoms with van der Waals surface area (Å²) >= 11 is -0.00913. The van der Waals surface area contributed by atoms with E-state index in [1.807, 2.05) is 14.6 Å². The van der Waals surface area contributed by atoms with Crippen LogP contribution in [0.3, 0.4) is 0 Å². The molecule has 1 aromatic carbocycles. The van der Waals surface area contributed by atoms with E-state index in [9.17, 15) is 0 Å². The van der Waals surface area contributed by atoms with E-state index < -0.39 is 20.4 Å². The van der Waals surface area contributed by atoms with Gasteiger partial charge in [-0.1, -0.05) is 0 Å². The van der Waals surface area contributed by atoms with Gasteiger partial charge in [-0.05, 0) is 0 Å². The standard InChI is InChI=1S/C14H11S.C9H13.C2H6Si.Zr/c1-10-9-11-5-2-3-6-12(11)14(10)13-7-4-8-15-13;1-6-5-7(2)9(4)8(6)3;1-3-2;/h2-9H,1H3;6H,1-4H3;1-2H3;.